The van der Waals surface area contributed by atoms with E-state index in [0.717, 1.165) is 17.8 Å². The minimum absolute atomic E-state index is 0.521. The number of hydrogen-bond donors (Lipinski definition) is 0. The minimum Gasteiger partial charge on any atom is -0.0911 e. The largest absolute Gasteiger partial charge is 0.0911 e. The van der Waals surface area contributed by atoms with Crippen molar-refractivity contribution >= 4 is 0 Å². The Hall–Kier alpha value is -0.260. The molecule has 0 heteroatoms. The topological polar surface area (TPSA) is 0 Å². The summed E-state index contributed by atoms with van der Waals surface area (Å²) in [7, 11) is 0. The third-order valence-electron chi connectivity index (χ3n) is 5.47. The summed E-state index contributed by atoms with van der Waals surface area (Å²) in [5.41, 5.74) is 0.521. The molecule has 0 unspecified atom stereocenters. The SMILES string of the molecule is C/C=C/C1(C)CCC(C2CCC(C)CC2)CC1. The van der Waals surface area contributed by atoms with E-state index in [0.29, 0.717) is 5.41 Å². The lowest BCUT2D eigenvalue weighted by Gasteiger charge is -2.40. The Labute approximate surface area is 108 Å². The van der Waals surface area contributed by atoms with Crippen LogP contribution in [0.5, 0.6) is 0 Å². The van der Waals surface area contributed by atoms with Crippen LogP contribution < -0.4 is 0 Å². The van der Waals surface area contributed by atoms with Crippen molar-refractivity contribution < 1.29 is 0 Å². The third kappa shape index (κ3) is 3.36. The van der Waals surface area contributed by atoms with Gasteiger partial charge in [-0.15, -0.1) is 0 Å². The fourth-order valence-electron chi connectivity index (χ4n) is 4.10. The summed E-state index contributed by atoms with van der Waals surface area (Å²) < 4.78 is 0. The third-order valence-corrected chi connectivity index (χ3v) is 5.47. The molecule has 0 saturated heterocycles. The number of hydrogen-bond acceptors (Lipinski definition) is 0. The monoisotopic (exact) mass is 234 g/mol. The summed E-state index contributed by atoms with van der Waals surface area (Å²) in [5, 5.41) is 0. The molecule has 0 spiro atoms. The van der Waals surface area contributed by atoms with Crippen molar-refractivity contribution in [3.63, 3.8) is 0 Å². The average molecular weight is 234 g/mol. The van der Waals surface area contributed by atoms with Gasteiger partial charge in [-0.1, -0.05) is 38.8 Å². The molecule has 0 aromatic rings. The zero-order valence-corrected chi connectivity index (χ0v) is 12.0. The number of allylic oxidation sites excluding steroid dienone is 2. The van der Waals surface area contributed by atoms with Gasteiger partial charge in [0, 0.05) is 0 Å². The molecule has 0 atom stereocenters. The molecule has 0 radical (unpaired) electrons. The molecule has 0 nitrogen and oxygen atoms in total. The van der Waals surface area contributed by atoms with E-state index >= 15 is 0 Å². The predicted molar refractivity (Wildman–Crippen MR) is 76.0 cm³/mol. The summed E-state index contributed by atoms with van der Waals surface area (Å²) in [4.78, 5) is 0. The summed E-state index contributed by atoms with van der Waals surface area (Å²) in [6, 6.07) is 0. The molecule has 0 aliphatic heterocycles. The maximum Gasteiger partial charge on any atom is -0.0146 e. The molecular formula is C17H30. The highest BCUT2D eigenvalue weighted by atomic mass is 14.4. The smallest absolute Gasteiger partial charge is 0.0146 e. The van der Waals surface area contributed by atoms with Crippen LogP contribution in [-0.2, 0) is 0 Å². The lowest BCUT2D eigenvalue weighted by Crippen LogP contribution is -2.28. The molecule has 0 aromatic carbocycles. The normalized spacial score (nSPS) is 44.1. The second-order valence-corrected chi connectivity index (χ2v) is 7.01. The highest BCUT2D eigenvalue weighted by molar-refractivity contribution is 4.99. The molecule has 0 bridgehead atoms. The predicted octanol–water partition coefficient (Wildman–Crippen LogP) is 5.59. The molecule has 2 saturated carbocycles. The molecule has 2 aliphatic carbocycles. The Morgan fingerprint density at radius 3 is 1.94 bits per heavy atom. The van der Waals surface area contributed by atoms with Crippen LogP contribution >= 0.6 is 0 Å². The summed E-state index contributed by atoms with van der Waals surface area (Å²) in [6.45, 7) is 7.05. The second kappa shape index (κ2) is 5.59. The van der Waals surface area contributed by atoms with Gasteiger partial charge in [0.1, 0.15) is 0 Å². The van der Waals surface area contributed by atoms with Gasteiger partial charge in [-0.3, -0.25) is 0 Å². The van der Waals surface area contributed by atoms with Gasteiger partial charge in [-0.2, -0.15) is 0 Å². The van der Waals surface area contributed by atoms with Crippen LogP contribution in [0.25, 0.3) is 0 Å². The first-order chi connectivity index (χ1) is 8.13. The van der Waals surface area contributed by atoms with Gasteiger partial charge in [0.15, 0.2) is 0 Å². The van der Waals surface area contributed by atoms with Crippen LogP contribution in [0.1, 0.15) is 72.1 Å². The molecule has 0 N–H and O–H groups in total. The molecule has 0 heterocycles. The number of rotatable bonds is 2. The quantitative estimate of drug-likeness (QED) is 0.547. The summed E-state index contributed by atoms with van der Waals surface area (Å²) in [6.07, 6.45) is 16.6. The highest BCUT2D eigenvalue weighted by Gasteiger charge is 2.33. The molecule has 98 valence electrons. The molecule has 2 aliphatic rings. The van der Waals surface area contributed by atoms with Gasteiger partial charge < -0.3 is 0 Å². The summed E-state index contributed by atoms with van der Waals surface area (Å²) in [5.74, 6) is 3.13. The van der Waals surface area contributed by atoms with Gasteiger partial charge in [-0.05, 0) is 68.6 Å². The molecule has 17 heavy (non-hydrogen) atoms. The average Bonchev–Trinajstić information content (AvgIpc) is 2.31. The molecule has 2 rings (SSSR count). The van der Waals surface area contributed by atoms with Crippen molar-refractivity contribution in [1.82, 2.24) is 0 Å². The van der Waals surface area contributed by atoms with Crippen molar-refractivity contribution in [2.75, 3.05) is 0 Å². The zero-order valence-electron chi connectivity index (χ0n) is 12.0. The van der Waals surface area contributed by atoms with Gasteiger partial charge in [0.2, 0.25) is 0 Å². The Morgan fingerprint density at radius 2 is 1.41 bits per heavy atom. The van der Waals surface area contributed by atoms with E-state index in [4.69, 9.17) is 0 Å². The maximum absolute atomic E-state index is 2.45. The minimum atomic E-state index is 0.521. The Morgan fingerprint density at radius 1 is 0.882 bits per heavy atom. The standard InChI is InChI=1S/C17H30/c1-4-11-17(3)12-9-16(10-13-17)15-7-5-14(2)6-8-15/h4,11,14-16H,5-10,12-13H2,1-3H3/b11-4+. The first-order valence-corrected chi connectivity index (χ1v) is 7.77. The van der Waals surface area contributed by atoms with Crippen LogP contribution in [0.3, 0.4) is 0 Å². The van der Waals surface area contributed by atoms with Crippen molar-refractivity contribution in [3.8, 4) is 0 Å². The van der Waals surface area contributed by atoms with E-state index in [9.17, 15) is 0 Å². The van der Waals surface area contributed by atoms with E-state index in [2.05, 4.69) is 32.9 Å². The van der Waals surface area contributed by atoms with E-state index in [-0.39, 0.29) is 0 Å². The fraction of sp³-hybridized carbons (Fsp3) is 0.882. The highest BCUT2D eigenvalue weighted by Crippen LogP contribution is 2.45. The first-order valence-electron chi connectivity index (χ1n) is 7.77. The van der Waals surface area contributed by atoms with Crippen LogP contribution in [-0.4, -0.2) is 0 Å². The lowest BCUT2D eigenvalue weighted by molar-refractivity contribution is 0.130. The Balaban J connectivity index is 1.83. The van der Waals surface area contributed by atoms with E-state index < -0.39 is 0 Å². The van der Waals surface area contributed by atoms with Gasteiger partial charge in [0.05, 0.1) is 0 Å². The van der Waals surface area contributed by atoms with Crippen LogP contribution in [0, 0.1) is 23.2 Å². The van der Waals surface area contributed by atoms with Crippen LogP contribution in [0.15, 0.2) is 12.2 Å². The lowest BCUT2D eigenvalue weighted by atomic mass is 9.65. The van der Waals surface area contributed by atoms with Gasteiger partial charge >= 0.3 is 0 Å². The van der Waals surface area contributed by atoms with Gasteiger partial charge in [0.25, 0.3) is 0 Å². The second-order valence-electron chi connectivity index (χ2n) is 7.01. The fourth-order valence-corrected chi connectivity index (χ4v) is 4.10. The van der Waals surface area contributed by atoms with Crippen molar-refractivity contribution in [3.05, 3.63) is 12.2 Å². The summed E-state index contributed by atoms with van der Waals surface area (Å²) >= 11 is 0. The Kier molecular flexibility index (Phi) is 4.33. The zero-order chi connectivity index (χ0) is 12.3. The van der Waals surface area contributed by atoms with Crippen LogP contribution in [0.2, 0.25) is 0 Å². The van der Waals surface area contributed by atoms with Crippen molar-refractivity contribution in [1.29, 1.82) is 0 Å². The van der Waals surface area contributed by atoms with E-state index in [1.165, 1.54) is 51.4 Å². The molecule has 0 amide bonds. The van der Waals surface area contributed by atoms with E-state index in [1.807, 2.05) is 0 Å². The van der Waals surface area contributed by atoms with Crippen LogP contribution in [0.4, 0.5) is 0 Å². The van der Waals surface area contributed by atoms with Gasteiger partial charge in [-0.25, -0.2) is 0 Å². The maximum atomic E-state index is 2.45. The molecular weight excluding hydrogens is 204 g/mol. The van der Waals surface area contributed by atoms with Crippen molar-refractivity contribution in [2.24, 2.45) is 23.2 Å². The Bertz CT molecular complexity index is 247. The van der Waals surface area contributed by atoms with E-state index in [1.54, 1.807) is 0 Å². The molecule has 0 aromatic heterocycles. The molecule has 2 fully saturated rings. The first kappa shape index (κ1) is 13.2. The van der Waals surface area contributed by atoms with Crippen molar-refractivity contribution in [2.45, 2.75) is 72.1 Å².